The number of hydrogen-bond donors (Lipinski definition) is 0. The highest BCUT2D eigenvalue weighted by atomic mass is 19.1. The van der Waals surface area contributed by atoms with Crippen LogP contribution in [0.1, 0.15) is 36.5 Å². The molecule has 1 amide bonds. The second kappa shape index (κ2) is 8.46. The second-order valence-corrected chi connectivity index (χ2v) is 8.07. The first-order valence-corrected chi connectivity index (χ1v) is 10.7. The van der Waals surface area contributed by atoms with Crippen molar-refractivity contribution in [3.63, 3.8) is 0 Å². The first-order chi connectivity index (χ1) is 14.5. The van der Waals surface area contributed by atoms with Crippen molar-refractivity contribution in [2.75, 3.05) is 42.5 Å². The Morgan fingerprint density at radius 1 is 1.17 bits per heavy atom. The number of carbonyl (C=O) groups is 1. The van der Waals surface area contributed by atoms with Gasteiger partial charge in [0.15, 0.2) is 0 Å². The Morgan fingerprint density at radius 2 is 1.93 bits per heavy atom. The van der Waals surface area contributed by atoms with Gasteiger partial charge in [0, 0.05) is 62.3 Å². The van der Waals surface area contributed by atoms with Crippen LogP contribution in [0.3, 0.4) is 0 Å². The largest absolute Gasteiger partial charge is 0.368 e. The van der Waals surface area contributed by atoms with Crippen molar-refractivity contribution in [1.82, 2.24) is 9.88 Å². The maximum absolute atomic E-state index is 14.9. The average Bonchev–Trinajstić information content (AvgIpc) is 3.19. The Kier molecular flexibility index (Phi) is 5.75. The summed E-state index contributed by atoms with van der Waals surface area (Å²) in [4.78, 5) is 22.7. The van der Waals surface area contributed by atoms with E-state index in [1.54, 1.807) is 11.0 Å². The first kappa shape index (κ1) is 20.4. The Balaban J connectivity index is 1.42. The first-order valence-electron chi connectivity index (χ1n) is 10.7. The predicted octanol–water partition coefficient (Wildman–Crippen LogP) is 4.01. The quantitative estimate of drug-likeness (QED) is 0.749. The van der Waals surface area contributed by atoms with Crippen LogP contribution in [0, 0.1) is 12.7 Å². The fraction of sp³-hybridized carbons (Fsp3) is 0.417. The Labute approximate surface area is 177 Å². The third-order valence-electron chi connectivity index (χ3n) is 6.13. The van der Waals surface area contributed by atoms with Gasteiger partial charge in [0.1, 0.15) is 11.6 Å². The van der Waals surface area contributed by atoms with Crippen molar-refractivity contribution in [1.29, 1.82) is 0 Å². The molecule has 6 heteroatoms. The van der Waals surface area contributed by atoms with Crippen LogP contribution in [-0.2, 0) is 11.2 Å². The van der Waals surface area contributed by atoms with Crippen molar-refractivity contribution in [2.24, 2.45) is 0 Å². The maximum atomic E-state index is 14.9. The number of rotatable bonds is 5. The van der Waals surface area contributed by atoms with E-state index in [2.05, 4.69) is 41.3 Å². The molecule has 0 saturated carbocycles. The molecule has 0 bridgehead atoms. The number of hydrogen-bond acceptors (Lipinski definition) is 4. The van der Waals surface area contributed by atoms with Crippen LogP contribution >= 0.6 is 0 Å². The van der Waals surface area contributed by atoms with Crippen LogP contribution in [0.15, 0.2) is 37.0 Å². The Bertz CT molecular complexity index is 966. The summed E-state index contributed by atoms with van der Waals surface area (Å²) in [5, 5.41) is 0. The minimum atomic E-state index is -0.327. The van der Waals surface area contributed by atoms with Gasteiger partial charge in [-0.05, 0) is 49.1 Å². The molecule has 4 rings (SSSR count). The lowest BCUT2D eigenvalue weighted by molar-refractivity contribution is -0.117. The molecule has 158 valence electrons. The summed E-state index contributed by atoms with van der Waals surface area (Å²) in [6.45, 7) is 12.2. The van der Waals surface area contributed by atoms with Crippen molar-refractivity contribution in [2.45, 2.75) is 33.1 Å². The van der Waals surface area contributed by atoms with E-state index >= 15 is 0 Å². The van der Waals surface area contributed by atoms with Gasteiger partial charge in [-0.2, -0.15) is 0 Å². The highest BCUT2D eigenvalue weighted by molar-refractivity contribution is 5.95. The van der Waals surface area contributed by atoms with Crippen LogP contribution in [-0.4, -0.2) is 48.5 Å². The van der Waals surface area contributed by atoms with E-state index in [0.717, 1.165) is 44.8 Å². The summed E-state index contributed by atoms with van der Waals surface area (Å²) < 4.78 is 14.9. The molecule has 0 spiro atoms. The van der Waals surface area contributed by atoms with Gasteiger partial charge in [0.05, 0.1) is 0 Å². The minimum Gasteiger partial charge on any atom is -0.368 e. The summed E-state index contributed by atoms with van der Waals surface area (Å²) in [5.41, 5.74) is 4.27. The summed E-state index contributed by atoms with van der Waals surface area (Å²) in [6, 6.07) is 7.24. The highest BCUT2D eigenvalue weighted by Crippen LogP contribution is 2.29. The van der Waals surface area contributed by atoms with E-state index < -0.39 is 0 Å². The Morgan fingerprint density at radius 3 is 2.53 bits per heavy atom. The molecule has 2 saturated heterocycles. The molecular weight excluding hydrogens is 379 g/mol. The lowest BCUT2D eigenvalue weighted by atomic mass is 10.1. The molecule has 2 aromatic rings. The van der Waals surface area contributed by atoms with Crippen molar-refractivity contribution in [3.8, 4) is 0 Å². The number of carbonyl (C=O) groups excluding carboxylic acids is 1. The van der Waals surface area contributed by atoms with E-state index in [-0.39, 0.29) is 11.7 Å². The lowest BCUT2D eigenvalue weighted by Gasteiger charge is -2.38. The topological polar surface area (TPSA) is 39.7 Å². The fourth-order valence-electron chi connectivity index (χ4n) is 4.34. The molecule has 30 heavy (non-hydrogen) atoms. The number of amides is 1. The van der Waals surface area contributed by atoms with Gasteiger partial charge >= 0.3 is 0 Å². The van der Waals surface area contributed by atoms with E-state index in [9.17, 15) is 9.18 Å². The standard InChI is InChI=1S/C24H29FN4O/c1-4-19-14-17(2)24(26-16-19)28-12-10-27(11-13-28)18(3)21-8-7-20(15-22(21)25)29-9-5-6-23(29)30/h7-8,14-16H,3-6,9-13H2,1-2H3. The highest BCUT2D eigenvalue weighted by Gasteiger charge is 2.25. The molecule has 0 atom stereocenters. The summed E-state index contributed by atoms with van der Waals surface area (Å²) in [6.07, 6.45) is 4.30. The summed E-state index contributed by atoms with van der Waals surface area (Å²) in [5.74, 6) is 0.767. The van der Waals surface area contributed by atoms with Gasteiger partial charge in [-0.3, -0.25) is 4.79 Å². The number of anilines is 2. The number of pyridine rings is 1. The van der Waals surface area contributed by atoms with Crippen molar-refractivity contribution in [3.05, 3.63) is 59.5 Å². The number of piperazine rings is 1. The van der Waals surface area contributed by atoms with Gasteiger partial charge in [-0.1, -0.05) is 19.6 Å². The molecule has 0 aliphatic carbocycles. The molecule has 2 fully saturated rings. The van der Waals surface area contributed by atoms with Gasteiger partial charge in [-0.25, -0.2) is 9.37 Å². The number of halogens is 1. The van der Waals surface area contributed by atoms with Gasteiger partial charge in [0.25, 0.3) is 0 Å². The summed E-state index contributed by atoms with van der Waals surface area (Å²) in [7, 11) is 0. The molecule has 0 radical (unpaired) electrons. The van der Waals surface area contributed by atoms with Crippen molar-refractivity contribution < 1.29 is 9.18 Å². The van der Waals surface area contributed by atoms with Gasteiger partial charge in [0.2, 0.25) is 5.91 Å². The molecule has 0 unspecified atom stereocenters. The van der Waals surface area contributed by atoms with Crippen LogP contribution < -0.4 is 9.80 Å². The van der Waals surface area contributed by atoms with Gasteiger partial charge in [-0.15, -0.1) is 0 Å². The molecular formula is C24H29FN4O. The Hall–Kier alpha value is -2.89. The van der Waals surface area contributed by atoms with E-state index in [0.29, 0.717) is 29.9 Å². The van der Waals surface area contributed by atoms with Gasteiger partial charge < -0.3 is 14.7 Å². The molecule has 2 aliphatic rings. The molecule has 2 aliphatic heterocycles. The van der Waals surface area contributed by atoms with Crippen LogP contribution in [0.5, 0.6) is 0 Å². The monoisotopic (exact) mass is 408 g/mol. The molecule has 0 N–H and O–H groups in total. The number of nitrogens with zero attached hydrogens (tertiary/aromatic N) is 4. The number of aryl methyl sites for hydroxylation is 2. The minimum absolute atomic E-state index is 0.0629. The molecule has 5 nitrogen and oxygen atoms in total. The summed E-state index contributed by atoms with van der Waals surface area (Å²) >= 11 is 0. The zero-order valence-electron chi connectivity index (χ0n) is 17.8. The van der Waals surface area contributed by atoms with E-state index in [1.807, 2.05) is 12.3 Å². The van der Waals surface area contributed by atoms with Crippen LogP contribution in [0.2, 0.25) is 0 Å². The average molecular weight is 409 g/mol. The molecule has 1 aromatic heterocycles. The number of benzene rings is 1. The van der Waals surface area contributed by atoms with Crippen LogP contribution in [0.4, 0.5) is 15.9 Å². The predicted molar refractivity (Wildman–Crippen MR) is 119 cm³/mol. The zero-order chi connectivity index (χ0) is 21.3. The third-order valence-corrected chi connectivity index (χ3v) is 6.13. The smallest absolute Gasteiger partial charge is 0.227 e. The van der Waals surface area contributed by atoms with Crippen molar-refractivity contribution >= 4 is 23.1 Å². The lowest BCUT2D eigenvalue weighted by Crippen LogP contribution is -2.46. The second-order valence-electron chi connectivity index (χ2n) is 8.07. The SMILES string of the molecule is C=C(c1ccc(N2CCCC2=O)cc1F)N1CCN(c2ncc(CC)cc2C)CC1. The van der Waals surface area contributed by atoms with Crippen LogP contribution in [0.25, 0.3) is 5.70 Å². The fourth-order valence-corrected chi connectivity index (χ4v) is 4.34. The number of aromatic nitrogens is 1. The normalized spacial score (nSPS) is 17.0. The third kappa shape index (κ3) is 3.91. The van der Waals surface area contributed by atoms with E-state index in [1.165, 1.54) is 17.2 Å². The molecule has 3 heterocycles. The molecule has 1 aromatic carbocycles. The van der Waals surface area contributed by atoms with E-state index in [4.69, 9.17) is 0 Å². The maximum Gasteiger partial charge on any atom is 0.227 e. The zero-order valence-corrected chi connectivity index (χ0v) is 17.8.